The third kappa shape index (κ3) is 3.85. The van der Waals surface area contributed by atoms with E-state index in [9.17, 15) is 4.79 Å². The van der Waals surface area contributed by atoms with E-state index in [-0.39, 0.29) is 18.6 Å². The average molecular weight is 210 g/mol. The van der Waals surface area contributed by atoms with E-state index in [1.165, 1.54) is 0 Å². The van der Waals surface area contributed by atoms with Crippen molar-refractivity contribution in [1.82, 2.24) is 10.2 Å². The maximum atomic E-state index is 11.7. The van der Waals surface area contributed by atoms with E-state index in [1.54, 1.807) is 17.1 Å². The summed E-state index contributed by atoms with van der Waals surface area (Å²) in [4.78, 5) is 13.3. The van der Waals surface area contributed by atoms with Gasteiger partial charge in [-0.3, -0.25) is 4.79 Å². The SMILES string of the molecule is C=CCN(CC=C)C(=O)COC1CNC1. The van der Waals surface area contributed by atoms with Crippen molar-refractivity contribution in [2.75, 3.05) is 32.8 Å². The lowest BCUT2D eigenvalue weighted by atomic mass is 10.2. The Morgan fingerprint density at radius 2 is 2.00 bits per heavy atom. The van der Waals surface area contributed by atoms with Crippen LogP contribution in [0, 0.1) is 0 Å². The van der Waals surface area contributed by atoms with Crippen LogP contribution in [0.2, 0.25) is 0 Å². The Hall–Kier alpha value is -1.13. The lowest BCUT2D eigenvalue weighted by molar-refractivity contribution is -0.138. The molecule has 1 aliphatic heterocycles. The number of nitrogens with one attached hydrogen (secondary N) is 1. The zero-order valence-corrected chi connectivity index (χ0v) is 8.95. The summed E-state index contributed by atoms with van der Waals surface area (Å²) >= 11 is 0. The predicted octanol–water partition coefficient (Wildman–Crippen LogP) is 0.175. The Morgan fingerprint density at radius 3 is 2.40 bits per heavy atom. The first-order valence-electron chi connectivity index (χ1n) is 5.09. The molecule has 1 amide bonds. The lowest BCUT2D eigenvalue weighted by Crippen LogP contribution is -2.49. The van der Waals surface area contributed by atoms with E-state index in [2.05, 4.69) is 18.5 Å². The van der Waals surface area contributed by atoms with Gasteiger partial charge in [-0.1, -0.05) is 12.2 Å². The van der Waals surface area contributed by atoms with Crippen molar-refractivity contribution in [1.29, 1.82) is 0 Å². The largest absolute Gasteiger partial charge is 0.366 e. The average Bonchev–Trinajstić information content (AvgIpc) is 2.15. The molecule has 1 heterocycles. The molecule has 0 aliphatic carbocycles. The third-order valence-electron chi connectivity index (χ3n) is 2.24. The molecule has 1 saturated heterocycles. The summed E-state index contributed by atoms with van der Waals surface area (Å²) in [5, 5.41) is 3.08. The van der Waals surface area contributed by atoms with Crippen LogP contribution in [0.1, 0.15) is 0 Å². The normalized spacial score (nSPS) is 15.5. The molecule has 1 fully saturated rings. The molecular weight excluding hydrogens is 192 g/mol. The second-order valence-corrected chi connectivity index (χ2v) is 3.47. The molecule has 0 spiro atoms. The maximum Gasteiger partial charge on any atom is 0.249 e. The van der Waals surface area contributed by atoms with Gasteiger partial charge in [-0.05, 0) is 0 Å². The number of amides is 1. The number of ether oxygens (including phenoxy) is 1. The van der Waals surface area contributed by atoms with Crippen LogP contribution in [0.4, 0.5) is 0 Å². The highest BCUT2D eigenvalue weighted by Crippen LogP contribution is 1.99. The molecule has 0 saturated carbocycles. The van der Waals surface area contributed by atoms with Gasteiger partial charge in [0, 0.05) is 26.2 Å². The van der Waals surface area contributed by atoms with Crippen molar-refractivity contribution in [3.8, 4) is 0 Å². The summed E-state index contributed by atoms with van der Waals surface area (Å²) in [6, 6.07) is 0. The smallest absolute Gasteiger partial charge is 0.249 e. The summed E-state index contributed by atoms with van der Waals surface area (Å²) in [5.74, 6) is -0.0123. The van der Waals surface area contributed by atoms with Gasteiger partial charge in [-0.25, -0.2) is 0 Å². The van der Waals surface area contributed by atoms with Crippen LogP contribution in [-0.2, 0) is 9.53 Å². The molecule has 0 aromatic rings. The fourth-order valence-electron chi connectivity index (χ4n) is 1.25. The van der Waals surface area contributed by atoms with Gasteiger partial charge in [0.2, 0.25) is 5.91 Å². The monoisotopic (exact) mass is 210 g/mol. The molecule has 84 valence electrons. The van der Waals surface area contributed by atoms with Crippen LogP contribution in [-0.4, -0.2) is 49.7 Å². The second kappa shape index (κ2) is 6.37. The molecule has 0 unspecified atom stereocenters. The van der Waals surface area contributed by atoms with Gasteiger partial charge in [-0.2, -0.15) is 0 Å². The quantitative estimate of drug-likeness (QED) is 0.609. The molecule has 4 nitrogen and oxygen atoms in total. The van der Waals surface area contributed by atoms with Crippen LogP contribution >= 0.6 is 0 Å². The van der Waals surface area contributed by atoms with Crippen LogP contribution < -0.4 is 5.32 Å². The van der Waals surface area contributed by atoms with E-state index in [1.807, 2.05) is 0 Å². The summed E-state index contributed by atoms with van der Waals surface area (Å²) < 4.78 is 5.39. The van der Waals surface area contributed by atoms with E-state index in [0.717, 1.165) is 13.1 Å². The van der Waals surface area contributed by atoms with Crippen molar-refractivity contribution in [2.24, 2.45) is 0 Å². The van der Waals surface area contributed by atoms with Crippen molar-refractivity contribution in [3.05, 3.63) is 25.3 Å². The highest BCUT2D eigenvalue weighted by Gasteiger charge is 2.19. The van der Waals surface area contributed by atoms with Crippen LogP contribution in [0.25, 0.3) is 0 Å². The van der Waals surface area contributed by atoms with Gasteiger partial charge >= 0.3 is 0 Å². The Balaban J connectivity index is 2.26. The zero-order valence-electron chi connectivity index (χ0n) is 8.95. The Kier molecular flexibility index (Phi) is 5.07. The van der Waals surface area contributed by atoms with Gasteiger partial charge in [0.15, 0.2) is 0 Å². The summed E-state index contributed by atoms with van der Waals surface area (Å²) in [5.41, 5.74) is 0. The first kappa shape index (κ1) is 11.9. The van der Waals surface area contributed by atoms with Gasteiger partial charge < -0.3 is 15.0 Å². The minimum atomic E-state index is -0.0123. The number of carbonyl (C=O) groups excluding carboxylic acids is 1. The summed E-state index contributed by atoms with van der Waals surface area (Å²) in [6.45, 7) is 10.1. The predicted molar refractivity (Wildman–Crippen MR) is 59.6 cm³/mol. The Bertz CT molecular complexity index is 227. The molecule has 0 bridgehead atoms. The van der Waals surface area contributed by atoms with Crippen molar-refractivity contribution in [2.45, 2.75) is 6.10 Å². The molecule has 1 N–H and O–H groups in total. The fourth-order valence-corrected chi connectivity index (χ4v) is 1.25. The number of rotatable bonds is 7. The second-order valence-electron chi connectivity index (χ2n) is 3.47. The van der Waals surface area contributed by atoms with Gasteiger partial charge in [0.05, 0.1) is 6.10 Å². The van der Waals surface area contributed by atoms with Crippen molar-refractivity contribution < 1.29 is 9.53 Å². The molecule has 0 radical (unpaired) electrons. The maximum absolute atomic E-state index is 11.7. The topological polar surface area (TPSA) is 41.6 Å². The molecule has 0 aromatic heterocycles. The summed E-state index contributed by atoms with van der Waals surface area (Å²) in [6.07, 6.45) is 3.60. The molecule has 0 atom stereocenters. The van der Waals surface area contributed by atoms with Gasteiger partial charge in [0.25, 0.3) is 0 Å². The molecule has 15 heavy (non-hydrogen) atoms. The van der Waals surface area contributed by atoms with E-state index in [4.69, 9.17) is 4.74 Å². The van der Waals surface area contributed by atoms with Crippen LogP contribution in [0.15, 0.2) is 25.3 Å². The fraction of sp³-hybridized carbons (Fsp3) is 0.545. The number of hydrogen-bond donors (Lipinski definition) is 1. The standard InChI is InChI=1S/C11H18N2O2/c1-3-5-13(6-4-2)11(14)9-15-10-7-12-8-10/h3-4,10,12H,1-2,5-9H2. The van der Waals surface area contributed by atoms with Crippen molar-refractivity contribution >= 4 is 5.91 Å². The molecule has 1 aliphatic rings. The Morgan fingerprint density at radius 1 is 1.40 bits per heavy atom. The zero-order chi connectivity index (χ0) is 11.1. The van der Waals surface area contributed by atoms with Crippen molar-refractivity contribution in [3.63, 3.8) is 0 Å². The first-order chi connectivity index (χ1) is 7.27. The number of hydrogen-bond acceptors (Lipinski definition) is 3. The highest BCUT2D eigenvalue weighted by atomic mass is 16.5. The first-order valence-corrected chi connectivity index (χ1v) is 5.09. The molecule has 4 heteroatoms. The highest BCUT2D eigenvalue weighted by molar-refractivity contribution is 5.77. The molecule has 1 rings (SSSR count). The lowest BCUT2D eigenvalue weighted by Gasteiger charge is -2.28. The minimum absolute atomic E-state index is 0.0123. The minimum Gasteiger partial charge on any atom is -0.366 e. The molecule has 0 aromatic carbocycles. The summed E-state index contributed by atoms with van der Waals surface area (Å²) in [7, 11) is 0. The van der Waals surface area contributed by atoms with E-state index in [0.29, 0.717) is 13.1 Å². The third-order valence-corrected chi connectivity index (χ3v) is 2.24. The van der Waals surface area contributed by atoms with Gasteiger partial charge in [-0.15, -0.1) is 13.2 Å². The molecular formula is C11H18N2O2. The van der Waals surface area contributed by atoms with Crippen LogP contribution in [0.5, 0.6) is 0 Å². The van der Waals surface area contributed by atoms with Gasteiger partial charge in [0.1, 0.15) is 6.61 Å². The number of carbonyl (C=O) groups is 1. The van der Waals surface area contributed by atoms with E-state index < -0.39 is 0 Å². The Labute approximate surface area is 90.6 Å². The van der Waals surface area contributed by atoms with E-state index >= 15 is 0 Å². The number of nitrogens with zero attached hydrogens (tertiary/aromatic N) is 1. The van der Waals surface area contributed by atoms with Crippen LogP contribution in [0.3, 0.4) is 0 Å².